The van der Waals surface area contributed by atoms with Gasteiger partial charge in [0, 0.05) is 12.6 Å². The Kier molecular flexibility index (Phi) is 3.13. The number of hydrogen-bond acceptors (Lipinski definition) is 2. The van der Waals surface area contributed by atoms with E-state index in [4.69, 9.17) is 0 Å². The molecule has 0 heterocycles. The van der Waals surface area contributed by atoms with Crippen molar-refractivity contribution in [2.75, 3.05) is 6.54 Å². The molecule has 1 rings (SSSR count). The van der Waals surface area contributed by atoms with Gasteiger partial charge in [-0.2, -0.15) is 0 Å². The van der Waals surface area contributed by atoms with Gasteiger partial charge in [-0.25, -0.2) is 0 Å². The van der Waals surface area contributed by atoms with Crippen LogP contribution in [0.1, 0.15) is 40.0 Å². The van der Waals surface area contributed by atoms with Crippen LogP contribution in [0, 0.1) is 5.92 Å². The highest BCUT2D eigenvalue weighted by atomic mass is 16.3. The smallest absolute Gasteiger partial charge is 0.0715 e. The van der Waals surface area contributed by atoms with Crippen molar-refractivity contribution in [1.29, 1.82) is 0 Å². The van der Waals surface area contributed by atoms with Crippen molar-refractivity contribution in [3.05, 3.63) is 0 Å². The van der Waals surface area contributed by atoms with Crippen LogP contribution < -0.4 is 5.32 Å². The van der Waals surface area contributed by atoms with E-state index < -0.39 is 5.60 Å². The van der Waals surface area contributed by atoms with Crippen LogP contribution in [0.3, 0.4) is 0 Å². The van der Waals surface area contributed by atoms with Crippen molar-refractivity contribution in [2.45, 2.75) is 51.7 Å². The molecular formula is C10H21NO. The van der Waals surface area contributed by atoms with Crippen molar-refractivity contribution in [3.8, 4) is 0 Å². The molecule has 2 atom stereocenters. The van der Waals surface area contributed by atoms with Gasteiger partial charge in [0.2, 0.25) is 0 Å². The average Bonchev–Trinajstić information content (AvgIpc) is 2.30. The molecule has 0 aromatic heterocycles. The fourth-order valence-corrected chi connectivity index (χ4v) is 1.79. The summed E-state index contributed by atoms with van der Waals surface area (Å²) in [5.74, 6) is 0.865. The molecule has 2 nitrogen and oxygen atoms in total. The van der Waals surface area contributed by atoms with E-state index in [-0.39, 0.29) is 0 Å². The number of aliphatic hydroxyl groups is 1. The van der Waals surface area contributed by atoms with Gasteiger partial charge in [0.25, 0.3) is 0 Å². The summed E-state index contributed by atoms with van der Waals surface area (Å²) in [6.07, 6.45) is 3.89. The fraction of sp³-hybridized carbons (Fsp3) is 1.00. The van der Waals surface area contributed by atoms with E-state index in [0.29, 0.717) is 12.6 Å². The first kappa shape index (κ1) is 10.0. The summed E-state index contributed by atoms with van der Waals surface area (Å²) in [6.45, 7) is 6.70. The summed E-state index contributed by atoms with van der Waals surface area (Å²) in [6, 6.07) is 0.645. The summed E-state index contributed by atoms with van der Waals surface area (Å²) in [5.41, 5.74) is -0.564. The third kappa shape index (κ3) is 3.55. The van der Waals surface area contributed by atoms with Crippen molar-refractivity contribution < 1.29 is 5.11 Å². The monoisotopic (exact) mass is 171 g/mol. The van der Waals surface area contributed by atoms with Crippen molar-refractivity contribution in [2.24, 2.45) is 5.92 Å². The van der Waals surface area contributed by atoms with E-state index in [2.05, 4.69) is 12.2 Å². The normalized spacial score (nSPS) is 31.0. The van der Waals surface area contributed by atoms with Crippen LogP contribution in [0.25, 0.3) is 0 Å². The molecule has 1 aliphatic carbocycles. The Balaban J connectivity index is 2.16. The molecule has 0 aliphatic heterocycles. The van der Waals surface area contributed by atoms with Crippen LogP contribution in [0.15, 0.2) is 0 Å². The van der Waals surface area contributed by atoms with Crippen LogP contribution in [-0.2, 0) is 0 Å². The molecule has 0 saturated heterocycles. The molecule has 0 amide bonds. The van der Waals surface area contributed by atoms with Crippen LogP contribution in [0.4, 0.5) is 0 Å². The summed E-state index contributed by atoms with van der Waals surface area (Å²) < 4.78 is 0. The lowest BCUT2D eigenvalue weighted by molar-refractivity contribution is 0.0765. The third-order valence-corrected chi connectivity index (χ3v) is 2.52. The maximum atomic E-state index is 9.48. The predicted octanol–water partition coefficient (Wildman–Crippen LogP) is 1.54. The topological polar surface area (TPSA) is 32.3 Å². The molecule has 1 saturated carbocycles. The highest BCUT2D eigenvalue weighted by Crippen LogP contribution is 2.24. The zero-order valence-electron chi connectivity index (χ0n) is 8.43. The molecule has 72 valence electrons. The van der Waals surface area contributed by atoms with Gasteiger partial charge in [-0.15, -0.1) is 0 Å². The van der Waals surface area contributed by atoms with Gasteiger partial charge in [-0.05, 0) is 39.0 Å². The van der Waals surface area contributed by atoms with Gasteiger partial charge in [0.1, 0.15) is 0 Å². The molecule has 0 radical (unpaired) electrons. The number of rotatable bonds is 3. The Hall–Kier alpha value is -0.0800. The second-order valence-electron chi connectivity index (χ2n) is 4.81. The van der Waals surface area contributed by atoms with Crippen LogP contribution in [0.5, 0.6) is 0 Å². The summed E-state index contributed by atoms with van der Waals surface area (Å²) >= 11 is 0. The van der Waals surface area contributed by atoms with E-state index in [1.807, 2.05) is 13.8 Å². The molecule has 0 bridgehead atoms. The van der Waals surface area contributed by atoms with Gasteiger partial charge in [0.15, 0.2) is 0 Å². The standard InChI is InChI=1S/C10H21NO/c1-8-4-5-9(6-8)11-7-10(2,3)12/h8-9,11-12H,4-7H2,1-3H3/t8-,9+/m1/s1. The van der Waals surface area contributed by atoms with E-state index >= 15 is 0 Å². The molecule has 0 unspecified atom stereocenters. The Morgan fingerprint density at radius 2 is 2.08 bits per heavy atom. The first-order chi connectivity index (χ1) is 5.47. The lowest BCUT2D eigenvalue weighted by Crippen LogP contribution is -2.39. The van der Waals surface area contributed by atoms with Gasteiger partial charge in [-0.3, -0.25) is 0 Å². The van der Waals surface area contributed by atoms with E-state index in [1.54, 1.807) is 0 Å². The van der Waals surface area contributed by atoms with Gasteiger partial charge < -0.3 is 10.4 Å². The van der Waals surface area contributed by atoms with Crippen molar-refractivity contribution >= 4 is 0 Å². The van der Waals surface area contributed by atoms with Gasteiger partial charge in [0.05, 0.1) is 5.60 Å². The zero-order valence-corrected chi connectivity index (χ0v) is 8.43. The second-order valence-corrected chi connectivity index (χ2v) is 4.81. The summed E-state index contributed by atoms with van der Waals surface area (Å²) in [7, 11) is 0. The molecule has 0 spiro atoms. The minimum absolute atomic E-state index is 0.564. The minimum atomic E-state index is -0.564. The van der Waals surface area contributed by atoms with Crippen molar-refractivity contribution in [3.63, 3.8) is 0 Å². The van der Waals surface area contributed by atoms with E-state index in [1.165, 1.54) is 19.3 Å². The maximum absolute atomic E-state index is 9.48. The molecule has 2 N–H and O–H groups in total. The van der Waals surface area contributed by atoms with Crippen molar-refractivity contribution in [1.82, 2.24) is 5.32 Å². The first-order valence-corrected chi connectivity index (χ1v) is 4.93. The van der Waals surface area contributed by atoms with Crippen LogP contribution >= 0.6 is 0 Å². The average molecular weight is 171 g/mol. The Bertz CT molecular complexity index is 139. The van der Waals surface area contributed by atoms with Crippen LogP contribution in [-0.4, -0.2) is 23.3 Å². The maximum Gasteiger partial charge on any atom is 0.0715 e. The Morgan fingerprint density at radius 3 is 2.50 bits per heavy atom. The largest absolute Gasteiger partial charge is 0.389 e. The van der Waals surface area contributed by atoms with Gasteiger partial charge >= 0.3 is 0 Å². The molecule has 0 aromatic carbocycles. The third-order valence-electron chi connectivity index (χ3n) is 2.52. The SMILES string of the molecule is C[C@@H]1CC[C@H](NCC(C)(C)O)C1. The highest BCUT2D eigenvalue weighted by Gasteiger charge is 2.22. The fourth-order valence-electron chi connectivity index (χ4n) is 1.79. The highest BCUT2D eigenvalue weighted by molar-refractivity contribution is 4.80. The van der Waals surface area contributed by atoms with Gasteiger partial charge in [-0.1, -0.05) is 6.92 Å². The summed E-state index contributed by atoms with van der Waals surface area (Å²) in [5, 5.41) is 12.9. The number of hydrogen-bond donors (Lipinski definition) is 2. The molecular weight excluding hydrogens is 150 g/mol. The molecule has 1 aliphatic rings. The molecule has 12 heavy (non-hydrogen) atoms. The predicted molar refractivity (Wildman–Crippen MR) is 51.1 cm³/mol. The number of nitrogens with one attached hydrogen (secondary N) is 1. The van der Waals surface area contributed by atoms with E-state index in [9.17, 15) is 5.11 Å². The Labute approximate surface area is 75.4 Å². The minimum Gasteiger partial charge on any atom is -0.389 e. The molecule has 1 fully saturated rings. The lowest BCUT2D eigenvalue weighted by atomic mass is 10.1. The summed E-state index contributed by atoms with van der Waals surface area (Å²) in [4.78, 5) is 0. The van der Waals surface area contributed by atoms with E-state index in [0.717, 1.165) is 5.92 Å². The second kappa shape index (κ2) is 3.75. The first-order valence-electron chi connectivity index (χ1n) is 4.93. The Morgan fingerprint density at radius 1 is 1.42 bits per heavy atom. The molecule has 0 aromatic rings. The zero-order chi connectivity index (χ0) is 9.19. The lowest BCUT2D eigenvalue weighted by Gasteiger charge is -2.21. The molecule has 2 heteroatoms. The van der Waals surface area contributed by atoms with Crippen LogP contribution in [0.2, 0.25) is 0 Å². The quantitative estimate of drug-likeness (QED) is 0.675.